The fourth-order valence-corrected chi connectivity index (χ4v) is 1.61. The Hall–Kier alpha value is -0.630. The van der Waals surface area contributed by atoms with E-state index >= 15 is 0 Å². The molecule has 0 aliphatic heterocycles. The standard InChI is InChI=1S/C9H10O4S.C4H10O.C2H4.Na/c1-2-5-8-6-3-4-7-9(8)13-14(10,11)12;1-3-5-4-2;1-2;/h2-4,6-7H,1,5H2,(H,10,11,12);3-4H2,1-2H3;1-2H2;/q;;;+1/p-1. The number of hydrogen-bond acceptors (Lipinski definition) is 5. The molecule has 0 amide bonds. The van der Waals surface area contributed by atoms with Gasteiger partial charge in [-0.25, -0.2) is 8.42 Å². The smallest absolute Gasteiger partial charge is 0.716 e. The molecule has 0 radical (unpaired) electrons. The van der Waals surface area contributed by atoms with Crippen LogP contribution >= 0.6 is 0 Å². The normalized spacial score (nSPS) is 9.05. The van der Waals surface area contributed by atoms with Crippen LogP contribution < -0.4 is 33.7 Å². The predicted octanol–water partition coefficient (Wildman–Crippen LogP) is 0.103. The van der Waals surface area contributed by atoms with Crippen LogP contribution in [0.4, 0.5) is 0 Å². The van der Waals surface area contributed by atoms with E-state index in [1.54, 1.807) is 24.3 Å². The number of hydrogen-bond donors (Lipinski definition) is 0. The predicted molar refractivity (Wildman–Crippen MR) is 84.1 cm³/mol. The summed E-state index contributed by atoms with van der Waals surface area (Å²) in [5.74, 6) is 0.0578. The molecule has 0 spiro atoms. The molecule has 1 rings (SSSR count). The molecule has 0 saturated heterocycles. The molecular weight excluding hydrogens is 315 g/mol. The van der Waals surface area contributed by atoms with Crippen LogP contribution in [0, 0.1) is 0 Å². The average Bonchev–Trinajstić information content (AvgIpc) is 2.44. The van der Waals surface area contributed by atoms with E-state index in [4.69, 9.17) is 4.74 Å². The third-order valence-corrected chi connectivity index (χ3v) is 2.32. The Morgan fingerprint density at radius 3 is 2.05 bits per heavy atom. The van der Waals surface area contributed by atoms with E-state index < -0.39 is 10.4 Å². The van der Waals surface area contributed by atoms with Crippen molar-refractivity contribution in [3.8, 4) is 5.75 Å². The Bertz CT molecular complexity index is 486. The van der Waals surface area contributed by atoms with Gasteiger partial charge < -0.3 is 13.5 Å². The van der Waals surface area contributed by atoms with Gasteiger partial charge in [-0.05, 0) is 31.9 Å². The fraction of sp³-hybridized carbons (Fsp3) is 0.333. The quantitative estimate of drug-likeness (QED) is 0.318. The van der Waals surface area contributed by atoms with Crippen LogP contribution in [-0.2, 0) is 21.6 Å². The van der Waals surface area contributed by atoms with Gasteiger partial charge in [-0.1, -0.05) is 24.3 Å². The van der Waals surface area contributed by atoms with Gasteiger partial charge in [0.15, 0.2) is 0 Å². The first-order chi connectivity index (χ1) is 9.94. The first kappa shape index (κ1) is 26.3. The molecular formula is C15H23NaO5S. The van der Waals surface area contributed by atoms with Crippen LogP contribution in [0.5, 0.6) is 5.75 Å². The van der Waals surface area contributed by atoms with Gasteiger partial charge >= 0.3 is 29.6 Å². The third-order valence-electron chi connectivity index (χ3n) is 1.94. The SMILES string of the molecule is C=C.C=CCc1ccccc1OS(=O)(=O)[O-].CCOCC.[Na+]. The molecule has 0 aliphatic carbocycles. The Labute approximate surface area is 156 Å². The first-order valence-corrected chi connectivity index (χ1v) is 7.69. The molecule has 1 aromatic carbocycles. The van der Waals surface area contributed by atoms with Gasteiger partial charge in [-0.15, -0.1) is 19.7 Å². The number of ether oxygens (including phenoxy) is 1. The second kappa shape index (κ2) is 16.7. The molecule has 0 heterocycles. The molecule has 0 N–H and O–H groups in total. The summed E-state index contributed by atoms with van der Waals surface area (Å²) in [6.07, 6.45) is 2.05. The van der Waals surface area contributed by atoms with Crippen molar-refractivity contribution in [3.05, 3.63) is 55.6 Å². The average molecular weight is 338 g/mol. The molecule has 0 aliphatic rings. The van der Waals surface area contributed by atoms with Crippen LogP contribution in [0.2, 0.25) is 0 Å². The van der Waals surface area contributed by atoms with Crippen molar-refractivity contribution in [2.24, 2.45) is 0 Å². The monoisotopic (exact) mass is 338 g/mol. The molecule has 22 heavy (non-hydrogen) atoms. The molecule has 0 bridgehead atoms. The minimum absolute atomic E-state index is 0. The van der Waals surface area contributed by atoms with Crippen molar-refractivity contribution < 1.29 is 51.4 Å². The van der Waals surface area contributed by atoms with E-state index in [0.717, 1.165) is 13.2 Å². The maximum atomic E-state index is 10.4. The van der Waals surface area contributed by atoms with Gasteiger partial charge in [0.05, 0.1) is 0 Å². The molecule has 5 nitrogen and oxygen atoms in total. The molecule has 0 atom stereocenters. The molecule has 0 aromatic heterocycles. The Kier molecular flexibility index (Phi) is 20.0. The van der Waals surface area contributed by atoms with E-state index in [1.165, 1.54) is 6.07 Å². The first-order valence-electron chi connectivity index (χ1n) is 6.36. The van der Waals surface area contributed by atoms with E-state index in [2.05, 4.69) is 23.9 Å². The third kappa shape index (κ3) is 15.8. The topological polar surface area (TPSA) is 75.7 Å². The van der Waals surface area contributed by atoms with Crippen LogP contribution in [0.3, 0.4) is 0 Å². The van der Waals surface area contributed by atoms with Crippen molar-refractivity contribution in [1.29, 1.82) is 0 Å². The van der Waals surface area contributed by atoms with Crippen molar-refractivity contribution in [3.63, 3.8) is 0 Å². The molecule has 7 heteroatoms. The summed E-state index contributed by atoms with van der Waals surface area (Å²) in [5.41, 5.74) is 0.613. The van der Waals surface area contributed by atoms with E-state index in [1.807, 2.05) is 13.8 Å². The van der Waals surface area contributed by atoms with E-state index in [-0.39, 0.29) is 35.3 Å². The summed E-state index contributed by atoms with van der Waals surface area (Å²) in [5, 5.41) is 0. The summed E-state index contributed by atoms with van der Waals surface area (Å²) in [6.45, 7) is 15.2. The van der Waals surface area contributed by atoms with Gasteiger partial charge in [0.2, 0.25) is 0 Å². The minimum atomic E-state index is -4.70. The number of benzene rings is 1. The molecule has 120 valence electrons. The second-order valence-electron chi connectivity index (χ2n) is 3.37. The molecule has 0 unspecified atom stereocenters. The van der Waals surface area contributed by atoms with Gasteiger partial charge in [-0.3, -0.25) is 0 Å². The van der Waals surface area contributed by atoms with Gasteiger partial charge in [0.25, 0.3) is 10.4 Å². The zero-order chi connectivity index (χ0) is 16.7. The number of para-hydroxylation sites is 1. The number of rotatable bonds is 6. The molecule has 0 fully saturated rings. The second-order valence-corrected chi connectivity index (χ2v) is 4.36. The summed E-state index contributed by atoms with van der Waals surface area (Å²) in [7, 11) is -4.70. The maximum Gasteiger partial charge on any atom is 1.00 e. The molecule has 1 aromatic rings. The molecule has 0 saturated carbocycles. The van der Waals surface area contributed by atoms with Crippen molar-refractivity contribution in [2.45, 2.75) is 20.3 Å². The maximum absolute atomic E-state index is 10.4. The van der Waals surface area contributed by atoms with Crippen LogP contribution in [0.1, 0.15) is 19.4 Å². The zero-order valence-electron chi connectivity index (χ0n) is 13.6. The summed E-state index contributed by atoms with van der Waals surface area (Å²) in [4.78, 5) is 0. The zero-order valence-corrected chi connectivity index (χ0v) is 16.4. The Balaban J connectivity index is -0.000000387. The summed E-state index contributed by atoms with van der Waals surface area (Å²) >= 11 is 0. The van der Waals surface area contributed by atoms with Crippen molar-refractivity contribution >= 4 is 10.4 Å². The summed E-state index contributed by atoms with van der Waals surface area (Å²) in [6, 6.07) is 6.41. The van der Waals surface area contributed by atoms with Crippen molar-refractivity contribution in [2.75, 3.05) is 13.2 Å². The van der Waals surface area contributed by atoms with Crippen LogP contribution in [0.25, 0.3) is 0 Å². The Morgan fingerprint density at radius 2 is 1.68 bits per heavy atom. The number of allylic oxidation sites excluding steroid dienone is 1. The van der Waals surface area contributed by atoms with Crippen molar-refractivity contribution in [1.82, 2.24) is 0 Å². The van der Waals surface area contributed by atoms with Crippen LogP contribution in [-0.4, -0.2) is 26.2 Å². The minimum Gasteiger partial charge on any atom is -0.716 e. The van der Waals surface area contributed by atoms with Gasteiger partial charge in [-0.2, -0.15) is 0 Å². The van der Waals surface area contributed by atoms with E-state index in [9.17, 15) is 13.0 Å². The van der Waals surface area contributed by atoms with Gasteiger partial charge in [0, 0.05) is 13.2 Å². The fourth-order valence-electron chi connectivity index (χ4n) is 1.22. The van der Waals surface area contributed by atoms with Gasteiger partial charge in [0.1, 0.15) is 5.75 Å². The summed E-state index contributed by atoms with van der Waals surface area (Å²) < 4.78 is 40.1. The van der Waals surface area contributed by atoms with Crippen LogP contribution in [0.15, 0.2) is 50.1 Å². The largest absolute Gasteiger partial charge is 1.00 e. The Morgan fingerprint density at radius 1 is 1.18 bits per heavy atom. The van der Waals surface area contributed by atoms with E-state index in [0.29, 0.717) is 12.0 Å².